The van der Waals surface area contributed by atoms with Gasteiger partial charge in [0.15, 0.2) is 5.96 Å². The second-order valence-electron chi connectivity index (χ2n) is 6.13. The molecule has 4 atom stereocenters. The Morgan fingerprint density at radius 2 is 2.17 bits per heavy atom. The summed E-state index contributed by atoms with van der Waals surface area (Å²) in [6, 6.07) is 10.3. The van der Waals surface area contributed by atoms with Crippen LogP contribution in [0.2, 0.25) is 0 Å². The molecule has 2 bridgehead atoms. The minimum Gasteiger partial charge on any atom is -0.373 e. The third-order valence-electron chi connectivity index (χ3n) is 4.44. The summed E-state index contributed by atoms with van der Waals surface area (Å²) in [4.78, 5) is 4.26. The van der Waals surface area contributed by atoms with Crippen LogP contribution in [0.5, 0.6) is 0 Å². The SMILES string of the molecule is CN=C(NCCS(=O)Cc1ccccc1)NC1CC2CCC1O2. The lowest BCUT2D eigenvalue weighted by molar-refractivity contribution is 0.0992. The first kappa shape index (κ1) is 16.5. The van der Waals surface area contributed by atoms with Gasteiger partial charge in [0, 0.05) is 35.9 Å². The van der Waals surface area contributed by atoms with Crippen molar-refractivity contribution in [2.45, 2.75) is 43.3 Å². The topological polar surface area (TPSA) is 62.7 Å². The van der Waals surface area contributed by atoms with Crippen LogP contribution in [0.15, 0.2) is 35.3 Å². The fraction of sp³-hybridized carbons (Fsp3) is 0.588. The van der Waals surface area contributed by atoms with Gasteiger partial charge in [0.2, 0.25) is 0 Å². The predicted octanol–water partition coefficient (Wildman–Crippen LogP) is 1.42. The summed E-state index contributed by atoms with van der Waals surface area (Å²) in [7, 11) is 0.903. The molecule has 2 saturated heterocycles. The number of hydrogen-bond donors (Lipinski definition) is 2. The molecule has 1 aromatic carbocycles. The van der Waals surface area contributed by atoms with Crippen molar-refractivity contribution >= 4 is 16.8 Å². The van der Waals surface area contributed by atoms with Gasteiger partial charge in [0.25, 0.3) is 0 Å². The van der Waals surface area contributed by atoms with Crippen LogP contribution in [-0.4, -0.2) is 47.8 Å². The molecule has 2 N–H and O–H groups in total. The van der Waals surface area contributed by atoms with Gasteiger partial charge in [-0.15, -0.1) is 0 Å². The zero-order valence-electron chi connectivity index (χ0n) is 13.5. The Hall–Kier alpha value is -1.40. The van der Waals surface area contributed by atoms with Crippen LogP contribution in [0, 0.1) is 0 Å². The average molecular weight is 335 g/mol. The van der Waals surface area contributed by atoms with E-state index in [2.05, 4.69) is 15.6 Å². The van der Waals surface area contributed by atoms with Gasteiger partial charge in [0.05, 0.1) is 18.2 Å². The molecule has 2 aliphatic heterocycles. The average Bonchev–Trinajstić information content (AvgIpc) is 3.17. The molecule has 3 rings (SSSR count). The van der Waals surface area contributed by atoms with Crippen molar-refractivity contribution in [1.82, 2.24) is 10.6 Å². The molecule has 2 heterocycles. The van der Waals surface area contributed by atoms with Crippen LogP contribution in [0.1, 0.15) is 24.8 Å². The summed E-state index contributed by atoms with van der Waals surface area (Å²) in [5, 5.41) is 6.70. The standard InChI is InChI=1S/C17H25N3O2S/c1-18-17(20-15-11-14-7-8-16(15)22-14)19-9-10-23(21)12-13-5-3-2-4-6-13/h2-6,14-16H,7-12H2,1H3,(H2,18,19,20). The van der Waals surface area contributed by atoms with Crippen molar-refractivity contribution in [3.8, 4) is 0 Å². The largest absolute Gasteiger partial charge is 0.373 e. The third kappa shape index (κ3) is 4.54. The molecule has 0 saturated carbocycles. The number of rotatable bonds is 6. The Labute approximate surface area is 140 Å². The van der Waals surface area contributed by atoms with Gasteiger partial charge >= 0.3 is 0 Å². The van der Waals surface area contributed by atoms with Crippen LogP contribution in [0.25, 0.3) is 0 Å². The summed E-state index contributed by atoms with van der Waals surface area (Å²) in [5.41, 5.74) is 1.12. The first-order valence-corrected chi connectivity index (χ1v) is 9.75. The van der Waals surface area contributed by atoms with Crippen molar-refractivity contribution in [1.29, 1.82) is 0 Å². The molecule has 0 aliphatic carbocycles. The Bertz CT molecular complexity index is 564. The molecule has 0 spiro atoms. The minimum absolute atomic E-state index is 0.325. The van der Waals surface area contributed by atoms with Gasteiger partial charge < -0.3 is 15.4 Å². The highest BCUT2D eigenvalue weighted by Crippen LogP contribution is 2.34. The van der Waals surface area contributed by atoms with E-state index in [1.807, 2.05) is 30.3 Å². The fourth-order valence-corrected chi connectivity index (χ4v) is 4.31. The molecule has 6 heteroatoms. The van der Waals surface area contributed by atoms with E-state index < -0.39 is 10.8 Å². The van der Waals surface area contributed by atoms with Gasteiger partial charge in [-0.3, -0.25) is 9.20 Å². The number of nitrogens with one attached hydrogen (secondary N) is 2. The molecular formula is C17H25N3O2S. The van der Waals surface area contributed by atoms with Gasteiger partial charge in [-0.2, -0.15) is 0 Å². The van der Waals surface area contributed by atoms with Crippen LogP contribution in [0.4, 0.5) is 0 Å². The van der Waals surface area contributed by atoms with Gasteiger partial charge in [-0.1, -0.05) is 30.3 Å². The fourth-order valence-electron chi connectivity index (χ4n) is 3.28. The van der Waals surface area contributed by atoms with Crippen molar-refractivity contribution < 1.29 is 8.95 Å². The summed E-state index contributed by atoms with van der Waals surface area (Å²) < 4.78 is 18.0. The Morgan fingerprint density at radius 1 is 1.35 bits per heavy atom. The van der Waals surface area contributed by atoms with Crippen molar-refractivity contribution in [2.24, 2.45) is 4.99 Å². The number of benzene rings is 1. The smallest absolute Gasteiger partial charge is 0.191 e. The maximum atomic E-state index is 12.1. The molecule has 23 heavy (non-hydrogen) atoms. The minimum atomic E-state index is -0.865. The van der Waals surface area contributed by atoms with Crippen molar-refractivity contribution in [2.75, 3.05) is 19.3 Å². The van der Waals surface area contributed by atoms with Crippen molar-refractivity contribution in [3.63, 3.8) is 0 Å². The molecule has 2 fully saturated rings. The van der Waals surface area contributed by atoms with E-state index in [4.69, 9.17) is 4.74 Å². The molecule has 5 nitrogen and oxygen atoms in total. The number of fused-ring (bicyclic) bond motifs is 2. The lowest BCUT2D eigenvalue weighted by atomic mass is 9.96. The molecule has 2 aliphatic rings. The van der Waals surface area contributed by atoms with Crippen LogP contribution in [0.3, 0.4) is 0 Å². The predicted molar refractivity (Wildman–Crippen MR) is 94.0 cm³/mol. The number of guanidine groups is 1. The monoisotopic (exact) mass is 335 g/mol. The number of hydrogen-bond acceptors (Lipinski definition) is 3. The molecular weight excluding hydrogens is 310 g/mol. The Kier molecular flexibility index (Phi) is 5.67. The maximum absolute atomic E-state index is 12.1. The highest BCUT2D eigenvalue weighted by atomic mass is 32.2. The molecule has 1 aromatic rings. The maximum Gasteiger partial charge on any atom is 0.191 e. The zero-order valence-corrected chi connectivity index (χ0v) is 14.3. The Morgan fingerprint density at radius 3 is 2.83 bits per heavy atom. The van der Waals surface area contributed by atoms with E-state index in [0.717, 1.165) is 24.4 Å². The van der Waals surface area contributed by atoms with E-state index in [-0.39, 0.29) is 0 Å². The normalized spacial score (nSPS) is 27.9. The lowest BCUT2D eigenvalue weighted by Gasteiger charge is -2.22. The van der Waals surface area contributed by atoms with E-state index in [9.17, 15) is 4.21 Å². The first-order chi connectivity index (χ1) is 11.2. The highest BCUT2D eigenvalue weighted by Gasteiger charge is 2.41. The molecule has 0 aromatic heterocycles. The lowest BCUT2D eigenvalue weighted by Crippen LogP contribution is -2.48. The van der Waals surface area contributed by atoms with Crippen LogP contribution < -0.4 is 10.6 Å². The molecule has 4 unspecified atom stereocenters. The van der Waals surface area contributed by atoms with E-state index >= 15 is 0 Å². The van der Waals surface area contributed by atoms with Crippen LogP contribution in [-0.2, 0) is 21.3 Å². The van der Waals surface area contributed by atoms with Gasteiger partial charge in [-0.05, 0) is 24.8 Å². The number of aliphatic imine (C=N–C) groups is 1. The molecule has 126 valence electrons. The molecule has 0 amide bonds. The van der Waals surface area contributed by atoms with Crippen molar-refractivity contribution in [3.05, 3.63) is 35.9 Å². The number of ether oxygens (including phenoxy) is 1. The second kappa shape index (κ2) is 7.93. The van der Waals surface area contributed by atoms with Crippen LogP contribution >= 0.6 is 0 Å². The van der Waals surface area contributed by atoms with Gasteiger partial charge in [-0.25, -0.2) is 0 Å². The van der Waals surface area contributed by atoms with E-state index in [0.29, 0.717) is 36.3 Å². The highest BCUT2D eigenvalue weighted by molar-refractivity contribution is 7.84. The third-order valence-corrected chi connectivity index (χ3v) is 5.76. The summed E-state index contributed by atoms with van der Waals surface area (Å²) in [6.45, 7) is 0.654. The summed E-state index contributed by atoms with van der Waals surface area (Å²) in [5.74, 6) is 2.00. The quantitative estimate of drug-likeness (QED) is 0.610. The summed E-state index contributed by atoms with van der Waals surface area (Å²) in [6.07, 6.45) is 4.14. The zero-order chi connectivity index (χ0) is 16.1. The second-order valence-corrected chi connectivity index (χ2v) is 7.71. The van der Waals surface area contributed by atoms with E-state index in [1.165, 1.54) is 6.42 Å². The molecule has 0 radical (unpaired) electrons. The number of nitrogens with zero attached hydrogens (tertiary/aromatic N) is 1. The van der Waals surface area contributed by atoms with Gasteiger partial charge in [0.1, 0.15) is 0 Å². The van der Waals surface area contributed by atoms with E-state index in [1.54, 1.807) is 7.05 Å². The summed E-state index contributed by atoms with van der Waals surface area (Å²) >= 11 is 0. The Balaban J connectivity index is 1.38. The first-order valence-electron chi connectivity index (χ1n) is 8.26.